The fourth-order valence-electron chi connectivity index (χ4n) is 3.18. The maximum absolute atomic E-state index is 12.6. The summed E-state index contributed by atoms with van der Waals surface area (Å²) in [5.41, 5.74) is 1.25. The van der Waals surface area contributed by atoms with E-state index < -0.39 is 10.0 Å². The summed E-state index contributed by atoms with van der Waals surface area (Å²) in [4.78, 5) is 18.2. The SMILES string of the molecule is CC(CCc1ccccc1)NC(=O)N1CCN(S(=O)(=O)c2cccnc2)CC1. The predicted octanol–water partition coefficient (Wildman–Crippen LogP) is 2.12. The van der Waals surface area contributed by atoms with E-state index in [1.54, 1.807) is 17.2 Å². The van der Waals surface area contributed by atoms with E-state index >= 15 is 0 Å². The lowest BCUT2D eigenvalue weighted by Gasteiger charge is -2.34. The van der Waals surface area contributed by atoms with Crippen LogP contribution in [-0.2, 0) is 16.4 Å². The third-order valence-electron chi connectivity index (χ3n) is 4.88. The Hall–Kier alpha value is -2.45. The van der Waals surface area contributed by atoms with E-state index in [1.807, 2.05) is 25.1 Å². The summed E-state index contributed by atoms with van der Waals surface area (Å²) in [5.74, 6) is 0. The summed E-state index contributed by atoms with van der Waals surface area (Å²) in [6.45, 7) is 3.30. The largest absolute Gasteiger partial charge is 0.336 e. The molecule has 28 heavy (non-hydrogen) atoms. The van der Waals surface area contributed by atoms with Crippen LogP contribution in [0.15, 0.2) is 59.8 Å². The van der Waals surface area contributed by atoms with Crippen molar-refractivity contribution in [3.63, 3.8) is 0 Å². The van der Waals surface area contributed by atoms with Crippen molar-refractivity contribution in [2.75, 3.05) is 26.2 Å². The van der Waals surface area contributed by atoms with Crippen molar-refractivity contribution in [3.8, 4) is 0 Å². The Kier molecular flexibility index (Phi) is 6.64. The van der Waals surface area contributed by atoms with Gasteiger partial charge in [-0.1, -0.05) is 30.3 Å². The number of amides is 2. The van der Waals surface area contributed by atoms with Gasteiger partial charge in [0.1, 0.15) is 4.90 Å². The molecule has 7 nitrogen and oxygen atoms in total. The van der Waals surface area contributed by atoms with E-state index in [2.05, 4.69) is 22.4 Å². The molecule has 0 radical (unpaired) electrons. The number of benzene rings is 1. The molecule has 3 rings (SSSR count). The van der Waals surface area contributed by atoms with Crippen LogP contribution in [0.1, 0.15) is 18.9 Å². The van der Waals surface area contributed by atoms with Crippen molar-refractivity contribution in [3.05, 3.63) is 60.4 Å². The van der Waals surface area contributed by atoms with Gasteiger partial charge >= 0.3 is 6.03 Å². The first-order chi connectivity index (χ1) is 13.5. The van der Waals surface area contributed by atoms with E-state index in [-0.39, 0.29) is 30.1 Å². The van der Waals surface area contributed by atoms with Gasteiger partial charge in [-0.15, -0.1) is 0 Å². The number of aryl methyl sites for hydroxylation is 1. The second kappa shape index (κ2) is 9.16. The highest BCUT2D eigenvalue weighted by Gasteiger charge is 2.30. The minimum Gasteiger partial charge on any atom is -0.336 e. The fraction of sp³-hybridized carbons (Fsp3) is 0.400. The van der Waals surface area contributed by atoms with Gasteiger partial charge in [0.2, 0.25) is 10.0 Å². The molecule has 2 amide bonds. The van der Waals surface area contributed by atoms with Gasteiger partial charge < -0.3 is 10.2 Å². The Balaban J connectivity index is 1.47. The first kappa shape index (κ1) is 20.3. The number of piperazine rings is 1. The van der Waals surface area contributed by atoms with Crippen molar-refractivity contribution >= 4 is 16.1 Å². The van der Waals surface area contributed by atoms with Gasteiger partial charge in [-0.25, -0.2) is 13.2 Å². The normalized spacial score (nSPS) is 16.5. The molecule has 0 aliphatic carbocycles. The fourth-order valence-corrected chi connectivity index (χ4v) is 4.57. The number of hydrogen-bond donors (Lipinski definition) is 1. The van der Waals surface area contributed by atoms with E-state index in [9.17, 15) is 13.2 Å². The van der Waals surface area contributed by atoms with Gasteiger partial charge in [-0.3, -0.25) is 4.98 Å². The molecule has 1 unspecified atom stereocenters. The number of aromatic nitrogens is 1. The molecule has 2 aromatic rings. The summed E-state index contributed by atoms with van der Waals surface area (Å²) in [6, 6.07) is 13.2. The number of rotatable bonds is 6. The molecule has 2 heterocycles. The van der Waals surface area contributed by atoms with Crippen LogP contribution in [-0.4, -0.2) is 60.9 Å². The summed E-state index contributed by atoms with van der Waals surface area (Å²) in [6.07, 6.45) is 4.65. The maximum Gasteiger partial charge on any atom is 0.317 e. The molecule has 1 atom stereocenters. The minimum atomic E-state index is -3.56. The number of nitrogens with one attached hydrogen (secondary N) is 1. The smallest absolute Gasteiger partial charge is 0.317 e. The molecule has 1 aromatic carbocycles. The number of nitrogens with zero attached hydrogens (tertiary/aromatic N) is 3. The molecule has 0 saturated carbocycles. The van der Waals surface area contributed by atoms with Crippen molar-refractivity contribution < 1.29 is 13.2 Å². The zero-order chi connectivity index (χ0) is 20.0. The number of pyridine rings is 1. The van der Waals surface area contributed by atoms with Crippen LogP contribution in [0, 0.1) is 0 Å². The van der Waals surface area contributed by atoms with Crippen LogP contribution in [0.25, 0.3) is 0 Å². The molecule has 0 spiro atoms. The predicted molar refractivity (Wildman–Crippen MR) is 107 cm³/mol. The molecule has 1 aliphatic heterocycles. The number of urea groups is 1. The summed E-state index contributed by atoms with van der Waals surface area (Å²) >= 11 is 0. The second-order valence-corrected chi connectivity index (χ2v) is 8.89. The molecule has 8 heteroatoms. The van der Waals surface area contributed by atoms with Gasteiger partial charge in [0.15, 0.2) is 0 Å². The molecule has 1 saturated heterocycles. The monoisotopic (exact) mass is 402 g/mol. The van der Waals surface area contributed by atoms with Crippen LogP contribution in [0.5, 0.6) is 0 Å². The van der Waals surface area contributed by atoms with Gasteiger partial charge in [-0.2, -0.15) is 4.31 Å². The van der Waals surface area contributed by atoms with E-state index in [0.29, 0.717) is 13.1 Å². The zero-order valence-corrected chi connectivity index (χ0v) is 16.8. The number of carbonyl (C=O) groups excluding carboxylic acids is 1. The van der Waals surface area contributed by atoms with Crippen LogP contribution in [0.4, 0.5) is 4.79 Å². The van der Waals surface area contributed by atoms with Crippen LogP contribution in [0.3, 0.4) is 0 Å². The van der Waals surface area contributed by atoms with Crippen molar-refractivity contribution in [1.29, 1.82) is 0 Å². The molecular formula is C20H26N4O3S. The van der Waals surface area contributed by atoms with Crippen LogP contribution < -0.4 is 5.32 Å². The topological polar surface area (TPSA) is 82.6 Å². The lowest BCUT2D eigenvalue weighted by molar-refractivity contribution is 0.169. The van der Waals surface area contributed by atoms with Gasteiger partial charge in [0.25, 0.3) is 0 Å². The second-order valence-electron chi connectivity index (χ2n) is 6.95. The molecule has 1 aliphatic rings. The number of hydrogen-bond acceptors (Lipinski definition) is 4. The van der Waals surface area contributed by atoms with Crippen molar-refractivity contribution in [1.82, 2.24) is 19.5 Å². The zero-order valence-electron chi connectivity index (χ0n) is 16.0. The molecular weight excluding hydrogens is 376 g/mol. The van der Waals surface area contributed by atoms with Crippen LogP contribution in [0.2, 0.25) is 0 Å². The van der Waals surface area contributed by atoms with Crippen molar-refractivity contribution in [2.45, 2.75) is 30.7 Å². The first-order valence-corrected chi connectivity index (χ1v) is 10.9. The molecule has 1 fully saturated rings. The van der Waals surface area contributed by atoms with Gasteiger partial charge in [-0.05, 0) is 37.5 Å². The van der Waals surface area contributed by atoms with Gasteiger partial charge in [0, 0.05) is 44.6 Å². The summed E-state index contributed by atoms with van der Waals surface area (Å²) in [7, 11) is -3.56. The molecule has 0 bridgehead atoms. The van der Waals surface area contributed by atoms with Gasteiger partial charge in [0.05, 0.1) is 0 Å². The summed E-state index contributed by atoms with van der Waals surface area (Å²) in [5, 5.41) is 3.01. The van der Waals surface area contributed by atoms with E-state index in [1.165, 1.54) is 22.1 Å². The Morgan fingerprint density at radius 2 is 1.82 bits per heavy atom. The average Bonchev–Trinajstić information content (AvgIpc) is 2.73. The standard InChI is InChI=1S/C20H26N4O3S/c1-17(9-10-18-6-3-2-4-7-18)22-20(25)23-12-14-24(15-13-23)28(26,27)19-8-5-11-21-16-19/h2-8,11,16-17H,9-10,12-15H2,1H3,(H,22,25). The van der Waals surface area contributed by atoms with E-state index in [4.69, 9.17) is 0 Å². The average molecular weight is 403 g/mol. The molecule has 150 valence electrons. The van der Waals surface area contributed by atoms with Crippen molar-refractivity contribution in [2.24, 2.45) is 0 Å². The Morgan fingerprint density at radius 3 is 2.46 bits per heavy atom. The highest BCUT2D eigenvalue weighted by Crippen LogP contribution is 2.16. The van der Waals surface area contributed by atoms with Crippen LogP contribution >= 0.6 is 0 Å². The highest BCUT2D eigenvalue weighted by molar-refractivity contribution is 7.89. The maximum atomic E-state index is 12.6. The molecule has 1 aromatic heterocycles. The third-order valence-corrected chi connectivity index (χ3v) is 6.76. The van der Waals surface area contributed by atoms with E-state index in [0.717, 1.165) is 12.8 Å². The Morgan fingerprint density at radius 1 is 1.11 bits per heavy atom. The first-order valence-electron chi connectivity index (χ1n) is 9.46. The Labute approximate surface area is 166 Å². The number of sulfonamides is 1. The molecule has 1 N–H and O–H groups in total. The minimum absolute atomic E-state index is 0.0462. The highest BCUT2D eigenvalue weighted by atomic mass is 32.2. The quantitative estimate of drug-likeness (QED) is 0.802. The number of carbonyl (C=O) groups is 1. The lowest BCUT2D eigenvalue weighted by Crippen LogP contribution is -2.54. The Bertz CT molecular complexity index is 867. The summed E-state index contributed by atoms with van der Waals surface area (Å²) < 4.78 is 26.7. The lowest BCUT2D eigenvalue weighted by atomic mass is 10.1. The third kappa shape index (κ3) is 5.08.